The Morgan fingerprint density at radius 3 is 2.66 bits per heavy atom. The van der Waals surface area contributed by atoms with Crippen LogP contribution in [-0.2, 0) is 24.0 Å². The van der Waals surface area contributed by atoms with Gasteiger partial charge in [-0.3, -0.25) is 4.79 Å². The molecule has 3 aromatic heterocycles. The van der Waals surface area contributed by atoms with Crippen molar-refractivity contribution < 1.29 is 23.1 Å². The number of hydrogen-bond acceptors (Lipinski definition) is 7. The summed E-state index contributed by atoms with van der Waals surface area (Å²) in [4.78, 5) is 41.5. The highest BCUT2D eigenvalue weighted by molar-refractivity contribution is 6.28. The zero-order chi connectivity index (χ0) is 25.1. The molecular weight excluding hydrogens is 482 g/mol. The Balaban J connectivity index is 1.53. The predicted octanol–water partition coefficient (Wildman–Crippen LogP) is 4.57. The van der Waals surface area contributed by atoms with Gasteiger partial charge in [0, 0.05) is 30.4 Å². The van der Waals surface area contributed by atoms with Gasteiger partial charge in [-0.15, -0.1) is 0 Å². The largest absolute Gasteiger partial charge is 0.443 e. The van der Waals surface area contributed by atoms with Gasteiger partial charge in [0.2, 0.25) is 5.28 Å². The molecule has 12 heteroatoms. The van der Waals surface area contributed by atoms with Crippen LogP contribution in [0.15, 0.2) is 12.4 Å². The first-order valence-corrected chi connectivity index (χ1v) is 11.3. The first-order chi connectivity index (χ1) is 16.5. The number of H-pyrrole nitrogens is 1. The Hall–Kier alpha value is -3.60. The first-order valence-electron chi connectivity index (χ1n) is 10.9. The number of nitrogens with one attached hydrogen (secondary N) is 2. The van der Waals surface area contributed by atoms with Crippen LogP contribution in [0.2, 0.25) is 5.28 Å². The van der Waals surface area contributed by atoms with Gasteiger partial charge in [0.1, 0.15) is 5.60 Å². The Bertz CT molecular complexity index is 1380. The van der Waals surface area contributed by atoms with Gasteiger partial charge >= 0.3 is 6.09 Å². The minimum atomic E-state index is -0.822. The zero-order valence-electron chi connectivity index (χ0n) is 19.1. The van der Waals surface area contributed by atoms with Crippen LogP contribution in [-0.4, -0.2) is 49.0 Å². The fraction of sp³-hybridized carbons (Fsp3) is 0.348. The summed E-state index contributed by atoms with van der Waals surface area (Å²) in [6.45, 7) is 5.32. The highest BCUT2D eigenvalue weighted by atomic mass is 35.5. The van der Waals surface area contributed by atoms with Gasteiger partial charge in [-0.2, -0.15) is 4.98 Å². The second-order valence-electron chi connectivity index (χ2n) is 9.30. The number of amides is 2. The average Bonchev–Trinajstić information content (AvgIpc) is 3.16. The molecule has 1 aliphatic heterocycles. The molecule has 0 aromatic carbocycles. The third kappa shape index (κ3) is 4.09. The molecule has 2 N–H and O–H groups in total. The van der Waals surface area contributed by atoms with Crippen molar-refractivity contribution >= 4 is 35.2 Å². The number of imide groups is 1. The van der Waals surface area contributed by atoms with E-state index in [9.17, 15) is 14.0 Å². The van der Waals surface area contributed by atoms with Crippen molar-refractivity contribution in [2.75, 3.05) is 11.9 Å². The summed E-state index contributed by atoms with van der Waals surface area (Å²) >= 11 is 5.73. The normalized spacial score (nSPS) is 14.8. The van der Waals surface area contributed by atoms with E-state index in [-0.39, 0.29) is 29.0 Å². The molecule has 0 saturated heterocycles. The van der Waals surface area contributed by atoms with Crippen molar-refractivity contribution in [1.29, 1.82) is 0 Å². The summed E-state index contributed by atoms with van der Waals surface area (Å²) in [5.74, 6) is -2.60. The van der Waals surface area contributed by atoms with Crippen molar-refractivity contribution in [3.63, 3.8) is 0 Å². The monoisotopic (exact) mass is 502 g/mol. The van der Waals surface area contributed by atoms with Crippen molar-refractivity contribution in [1.82, 2.24) is 24.8 Å². The van der Waals surface area contributed by atoms with Gasteiger partial charge in [-0.1, -0.05) is 0 Å². The minimum Gasteiger partial charge on any atom is -0.443 e. The summed E-state index contributed by atoms with van der Waals surface area (Å²) in [6.07, 6.45) is 2.93. The van der Waals surface area contributed by atoms with E-state index in [0.717, 1.165) is 11.1 Å². The number of anilines is 2. The van der Waals surface area contributed by atoms with Gasteiger partial charge in [0.05, 0.1) is 17.5 Å². The lowest BCUT2D eigenvalue weighted by Crippen LogP contribution is -2.44. The van der Waals surface area contributed by atoms with Crippen LogP contribution in [0.3, 0.4) is 0 Å². The third-order valence-electron chi connectivity index (χ3n) is 5.78. The number of aromatic amines is 1. The van der Waals surface area contributed by atoms with Crippen LogP contribution in [0.5, 0.6) is 0 Å². The molecule has 2 amide bonds. The lowest BCUT2D eigenvalue weighted by Gasteiger charge is -2.29. The maximum Gasteiger partial charge on any atom is 0.417 e. The molecule has 0 fully saturated rings. The number of nitrogens with zero attached hydrogens (tertiary/aromatic N) is 4. The van der Waals surface area contributed by atoms with Crippen molar-refractivity contribution in [3.05, 3.63) is 51.7 Å². The molecule has 35 heavy (non-hydrogen) atoms. The van der Waals surface area contributed by atoms with Crippen LogP contribution in [0.1, 0.15) is 48.0 Å². The molecule has 0 radical (unpaired) electrons. The topological polar surface area (TPSA) is 113 Å². The molecule has 0 spiro atoms. The van der Waals surface area contributed by atoms with E-state index < -0.39 is 29.2 Å². The molecule has 0 unspecified atom stereocenters. The van der Waals surface area contributed by atoms with Gasteiger partial charge in [0.25, 0.3) is 5.91 Å². The van der Waals surface area contributed by atoms with Crippen molar-refractivity contribution in [3.8, 4) is 11.3 Å². The zero-order valence-corrected chi connectivity index (χ0v) is 19.9. The molecule has 3 aromatic rings. The Morgan fingerprint density at radius 1 is 1.14 bits per heavy atom. The molecular formula is C23H21ClF2N6O3. The summed E-state index contributed by atoms with van der Waals surface area (Å²) < 4.78 is 35.2. The third-order valence-corrected chi connectivity index (χ3v) is 5.97. The fourth-order valence-electron chi connectivity index (χ4n) is 4.33. The van der Waals surface area contributed by atoms with E-state index in [1.165, 1.54) is 6.20 Å². The van der Waals surface area contributed by atoms with Crippen LogP contribution >= 0.6 is 11.6 Å². The number of rotatable bonds is 2. The molecule has 4 heterocycles. The second kappa shape index (κ2) is 8.26. The molecule has 0 bridgehead atoms. The summed E-state index contributed by atoms with van der Waals surface area (Å²) in [6, 6.07) is 0. The Labute approximate surface area is 203 Å². The van der Waals surface area contributed by atoms with Crippen LogP contribution in [0, 0.1) is 11.6 Å². The van der Waals surface area contributed by atoms with Crippen molar-refractivity contribution in [2.24, 2.45) is 0 Å². The number of aryl methyl sites for hydroxylation is 1. The maximum atomic E-state index is 15.7. The lowest BCUT2D eigenvalue weighted by molar-refractivity contribution is 0.0233. The molecule has 0 atom stereocenters. The molecule has 9 nitrogen and oxygen atoms in total. The van der Waals surface area contributed by atoms with Gasteiger partial charge < -0.3 is 15.0 Å². The number of aromatic nitrogens is 4. The number of carbonyl (C=O) groups excluding carboxylic acids is 2. The molecule has 5 rings (SSSR count). The fourth-order valence-corrected chi connectivity index (χ4v) is 4.46. The molecule has 182 valence electrons. The van der Waals surface area contributed by atoms with E-state index in [4.69, 9.17) is 16.3 Å². The average molecular weight is 503 g/mol. The lowest BCUT2D eigenvalue weighted by atomic mass is 9.88. The quantitative estimate of drug-likeness (QED) is 0.493. The van der Waals surface area contributed by atoms with E-state index in [1.807, 2.05) is 0 Å². The molecule has 0 saturated carbocycles. The SMILES string of the molecule is CC(C)(C)OC(=O)N1CCc2[nH]c3c(c2C1=O)CCc1cnc(Nc2nc(Cl)ncc2F)c(F)c1-3. The Kier molecular flexibility index (Phi) is 5.47. The first kappa shape index (κ1) is 23.2. The van der Waals surface area contributed by atoms with E-state index in [0.29, 0.717) is 47.3 Å². The van der Waals surface area contributed by atoms with Crippen LogP contribution in [0.4, 0.5) is 25.2 Å². The predicted molar refractivity (Wildman–Crippen MR) is 123 cm³/mol. The highest BCUT2D eigenvalue weighted by Crippen LogP contribution is 2.41. The van der Waals surface area contributed by atoms with Crippen LogP contribution in [0.25, 0.3) is 11.3 Å². The van der Waals surface area contributed by atoms with E-state index >= 15 is 4.39 Å². The number of fused-ring (bicyclic) bond motifs is 5. The maximum absolute atomic E-state index is 15.7. The number of hydrogen-bond donors (Lipinski definition) is 2. The molecule has 1 aliphatic carbocycles. The van der Waals surface area contributed by atoms with Gasteiger partial charge in [-0.05, 0) is 56.3 Å². The van der Waals surface area contributed by atoms with E-state index in [1.54, 1.807) is 20.8 Å². The van der Waals surface area contributed by atoms with Crippen molar-refractivity contribution in [2.45, 2.75) is 45.6 Å². The Morgan fingerprint density at radius 2 is 1.91 bits per heavy atom. The smallest absolute Gasteiger partial charge is 0.417 e. The van der Waals surface area contributed by atoms with Gasteiger partial charge in [-0.25, -0.2) is 28.4 Å². The standard InChI is InChI=1S/C23H21ClF2N6O3/c1-23(2,3)35-22(34)32-7-6-13-15(20(32)33)11-5-4-10-8-27-19(16(26)14(10)17(11)29-13)30-18-12(25)9-28-21(24)31-18/h8-9,29H,4-7H2,1-3H3,(H,27,28,30,31). The summed E-state index contributed by atoms with van der Waals surface area (Å²) in [5, 5.41) is 2.32. The molecule has 2 aliphatic rings. The number of carbonyl (C=O) groups is 2. The van der Waals surface area contributed by atoms with Crippen LogP contribution < -0.4 is 5.32 Å². The minimum absolute atomic E-state index is 0.145. The van der Waals surface area contributed by atoms with E-state index in [2.05, 4.69) is 25.3 Å². The number of pyridine rings is 1. The summed E-state index contributed by atoms with van der Waals surface area (Å²) in [7, 11) is 0. The summed E-state index contributed by atoms with van der Waals surface area (Å²) in [5.41, 5.74) is 2.18. The highest BCUT2D eigenvalue weighted by Gasteiger charge is 2.38. The second-order valence-corrected chi connectivity index (χ2v) is 9.64. The van der Waals surface area contributed by atoms with Gasteiger partial charge in [0.15, 0.2) is 23.3 Å². The number of ether oxygens (including phenoxy) is 1. The number of halogens is 3.